The first kappa shape index (κ1) is 16.7. The Bertz CT molecular complexity index is 84.2. The van der Waals surface area contributed by atoms with E-state index in [2.05, 4.69) is 26.7 Å². The molecule has 0 unspecified atom stereocenters. The van der Waals surface area contributed by atoms with Crippen LogP contribution in [0.15, 0.2) is 37.5 Å². The summed E-state index contributed by atoms with van der Waals surface area (Å²) in [6.07, 6.45) is 5.11. The quantitative estimate of drug-likeness (QED) is 0.492. The van der Waals surface area contributed by atoms with Gasteiger partial charge in [0, 0.05) is 0 Å². The normalized spacial score (nSPS) is 7.27. The van der Waals surface area contributed by atoms with E-state index < -0.39 is 0 Å². The fourth-order valence-electron chi connectivity index (χ4n) is 0. The Labute approximate surface area is 72.3 Å². The highest BCUT2D eigenvalue weighted by Gasteiger charge is 1.67. The van der Waals surface area contributed by atoms with Crippen molar-refractivity contribution in [1.82, 2.24) is 0 Å². The molecule has 0 amide bonds. The molecule has 0 atom stereocenters. The Morgan fingerprint density at radius 3 is 1.36 bits per heavy atom. The van der Waals surface area contributed by atoms with Crippen LogP contribution in [0.3, 0.4) is 0 Å². The van der Waals surface area contributed by atoms with Gasteiger partial charge in [0.15, 0.2) is 0 Å². The van der Waals surface area contributed by atoms with Crippen molar-refractivity contribution in [2.45, 2.75) is 34.1 Å². The molecule has 0 heteroatoms. The van der Waals surface area contributed by atoms with E-state index in [9.17, 15) is 0 Å². The van der Waals surface area contributed by atoms with Crippen LogP contribution >= 0.6 is 0 Å². The van der Waals surface area contributed by atoms with Crippen LogP contribution < -0.4 is 0 Å². The van der Waals surface area contributed by atoms with Crippen LogP contribution in [0, 0.1) is 0 Å². The molecule has 0 aliphatic rings. The molecule has 0 fully saturated rings. The predicted molar refractivity (Wildman–Crippen MR) is 56.8 cm³/mol. The number of allylic oxidation sites excluding steroid dienone is 3. The minimum atomic E-state index is 1.11. The van der Waals surface area contributed by atoms with Gasteiger partial charge < -0.3 is 0 Å². The second-order valence-electron chi connectivity index (χ2n) is 1.98. The van der Waals surface area contributed by atoms with E-state index in [4.69, 9.17) is 0 Å². The highest BCUT2D eigenvalue weighted by Crippen LogP contribution is 1.88. The van der Waals surface area contributed by atoms with E-state index in [1.165, 1.54) is 5.57 Å². The summed E-state index contributed by atoms with van der Waals surface area (Å²) in [4.78, 5) is 0. The third-order valence-corrected chi connectivity index (χ3v) is 0.937. The lowest BCUT2D eigenvalue weighted by atomic mass is 10.3. The van der Waals surface area contributed by atoms with E-state index in [1.54, 1.807) is 0 Å². The fraction of sp³-hybridized carbons (Fsp3) is 0.455. The molecule has 66 valence electrons. The van der Waals surface area contributed by atoms with Crippen LogP contribution in [-0.2, 0) is 0 Å². The third kappa shape index (κ3) is 97.5. The standard InChI is InChI=1S/C5H10.C4H8.C2H4/c1-4-5(2)3;1-3-4-2;1-2/h2,4H2,1,3H3;3-4H,1-2H3;1-2H2/b;4-3-;. The summed E-state index contributed by atoms with van der Waals surface area (Å²) < 4.78 is 0. The highest BCUT2D eigenvalue weighted by molar-refractivity contribution is 4.84. The van der Waals surface area contributed by atoms with Gasteiger partial charge in [0.1, 0.15) is 0 Å². The van der Waals surface area contributed by atoms with Crippen molar-refractivity contribution in [3.8, 4) is 0 Å². The molecule has 0 saturated heterocycles. The van der Waals surface area contributed by atoms with Crippen LogP contribution in [0.4, 0.5) is 0 Å². The average molecular weight is 154 g/mol. The van der Waals surface area contributed by atoms with Crippen molar-refractivity contribution >= 4 is 0 Å². The van der Waals surface area contributed by atoms with Crippen LogP contribution in [-0.4, -0.2) is 0 Å². The second kappa shape index (κ2) is 22.9. The lowest BCUT2D eigenvalue weighted by Crippen LogP contribution is -1.58. The summed E-state index contributed by atoms with van der Waals surface area (Å²) in [5.74, 6) is 0. The molecule has 0 heterocycles. The average Bonchev–Trinajstić information content (AvgIpc) is 2.08. The zero-order valence-corrected chi connectivity index (χ0v) is 8.48. The van der Waals surface area contributed by atoms with Crippen LogP contribution in [0.5, 0.6) is 0 Å². The first-order chi connectivity index (χ1) is 5.18. The van der Waals surface area contributed by atoms with E-state index in [-0.39, 0.29) is 0 Å². The molecule has 0 aliphatic heterocycles. The lowest BCUT2D eigenvalue weighted by Gasteiger charge is -1.79. The summed E-state index contributed by atoms with van der Waals surface area (Å²) in [5.41, 5.74) is 1.25. The van der Waals surface area contributed by atoms with Crippen LogP contribution in [0.1, 0.15) is 34.1 Å². The first-order valence-electron chi connectivity index (χ1n) is 3.90. The molecule has 0 nitrogen and oxygen atoms in total. The van der Waals surface area contributed by atoms with Gasteiger partial charge in [0.25, 0.3) is 0 Å². The predicted octanol–water partition coefficient (Wildman–Crippen LogP) is 4.36. The van der Waals surface area contributed by atoms with E-state index >= 15 is 0 Å². The maximum absolute atomic E-state index is 3.67. The largest absolute Gasteiger partial charge is 0.106 e. The Hall–Kier alpha value is -0.780. The van der Waals surface area contributed by atoms with Gasteiger partial charge in [-0.1, -0.05) is 24.6 Å². The van der Waals surface area contributed by atoms with Crippen molar-refractivity contribution in [1.29, 1.82) is 0 Å². The Morgan fingerprint density at radius 2 is 1.36 bits per heavy atom. The topological polar surface area (TPSA) is 0 Å². The molecule has 0 N–H and O–H groups in total. The van der Waals surface area contributed by atoms with E-state index in [0.717, 1.165) is 6.42 Å². The summed E-state index contributed by atoms with van der Waals surface area (Å²) in [6.45, 7) is 17.8. The summed E-state index contributed by atoms with van der Waals surface area (Å²) >= 11 is 0. The van der Waals surface area contributed by atoms with Crippen LogP contribution in [0.2, 0.25) is 0 Å². The Morgan fingerprint density at radius 1 is 1.18 bits per heavy atom. The monoisotopic (exact) mass is 154 g/mol. The smallest absolute Gasteiger partial charge is 0.0354 e. The van der Waals surface area contributed by atoms with Gasteiger partial charge in [0.2, 0.25) is 0 Å². The fourth-order valence-corrected chi connectivity index (χ4v) is 0. The van der Waals surface area contributed by atoms with Crippen molar-refractivity contribution in [3.63, 3.8) is 0 Å². The zero-order valence-electron chi connectivity index (χ0n) is 8.48. The van der Waals surface area contributed by atoms with Gasteiger partial charge in [-0.15, -0.1) is 19.7 Å². The maximum Gasteiger partial charge on any atom is -0.0354 e. The number of rotatable bonds is 1. The van der Waals surface area contributed by atoms with Crippen molar-refractivity contribution in [2.24, 2.45) is 0 Å². The molecule has 0 aromatic heterocycles. The minimum Gasteiger partial charge on any atom is -0.106 e. The van der Waals surface area contributed by atoms with Gasteiger partial charge >= 0.3 is 0 Å². The molecule has 0 aromatic rings. The molecule has 0 bridgehead atoms. The molecule has 0 spiro atoms. The Kier molecular flexibility index (Phi) is 34.6. The third-order valence-electron chi connectivity index (χ3n) is 0.937. The molecule has 11 heavy (non-hydrogen) atoms. The maximum atomic E-state index is 3.67. The van der Waals surface area contributed by atoms with Gasteiger partial charge in [-0.25, -0.2) is 0 Å². The van der Waals surface area contributed by atoms with Gasteiger partial charge in [-0.05, 0) is 27.2 Å². The summed E-state index contributed by atoms with van der Waals surface area (Å²) in [5, 5.41) is 0. The zero-order chi connectivity index (χ0) is 9.70. The molecular weight excluding hydrogens is 132 g/mol. The van der Waals surface area contributed by atoms with Gasteiger partial charge in [-0.2, -0.15) is 0 Å². The molecule has 0 aromatic carbocycles. The van der Waals surface area contributed by atoms with Gasteiger partial charge in [0.05, 0.1) is 0 Å². The van der Waals surface area contributed by atoms with E-state index in [0.29, 0.717) is 0 Å². The van der Waals surface area contributed by atoms with Crippen molar-refractivity contribution in [3.05, 3.63) is 37.5 Å². The Balaban J connectivity index is -0.0000000965. The molecule has 0 rings (SSSR count). The number of hydrogen-bond acceptors (Lipinski definition) is 0. The molecular formula is C11H22. The lowest BCUT2D eigenvalue weighted by molar-refractivity contribution is 1.11. The second-order valence-corrected chi connectivity index (χ2v) is 1.98. The molecule has 0 radical (unpaired) electrons. The molecule has 0 saturated carbocycles. The summed E-state index contributed by atoms with van der Waals surface area (Å²) in [7, 11) is 0. The van der Waals surface area contributed by atoms with Crippen LogP contribution in [0.25, 0.3) is 0 Å². The van der Waals surface area contributed by atoms with E-state index in [1.807, 2.05) is 32.9 Å². The van der Waals surface area contributed by atoms with Gasteiger partial charge in [-0.3, -0.25) is 0 Å². The van der Waals surface area contributed by atoms with Crippen molar-refractivity contribution in [2.75, 3.05) is 0 Å². The summed E-state index contributed by atoms with van der Waals surface area (Å²) in [6, 6.07) is 0. The molecule has 0 aliphatic carbocycles. The van der Waals surface area contributed by atoms with Crippen molar-refractivity contribution < 1.29 is 0 Å². The highest BCUT2D eigenvalue weighted by atomic mass is 13.7. The minimum absolute atomic E-state index is 1.11. The number of hydrogen-bond donors (Lipinski definition) is 0. The first-order valence-corrected chi connectivity index (χ1v) is 3.90. The SMILES string of the molecule is C/C=C\C.C=C.C=C(C)CC.